The SMILES string of the molecule is COc1ccc(/C=C/C(=O)O[C@@H](C)C(=O)NCc2ccc3c(c2)OCO3)c(OC)c1. The molecule has 1 N–H and O–H groups in total. The van der Waals surface area contributed by atoms with Crippen LogP contribution in [0.25, 0.3) is 6.08 Å². The summed E-state index contributed by atoms with van der Waals surface area (Å²) in [7, 11) is 3.08. The molecular formula is C22H23NO7. The van der Waals surface area contributed by atoms with E-state index in [2.05, 4.69) is 5.32 Å². The van der Waals surface area contributed by atoms with Crippen LogP contribution >= 0.6 is 0 Å². The molecule has 2 aromatic rings. The van der Waals surface area contributed by atoms with E-state index >= 15 is 0 Å². The van der Waals surface area contributed by atoms with Crippen LogP contribution in [0.1, 0.15) is 18.1 Å². The molecule has 0 saturated heterocycles. The minimum atomic E-state index is -0.950. The summed E-state index contributed by atoms with van der Waals surface area (Å²) in [5.74, 6) is 1.45. The molecule has 0 radical (unpaired) electrons. The van der Waals surface area contributed by atoms with Crippen LogP contribution in [0.4, 0.5) is 0 Å². The van der Waals surface area contributed by atoms with Crippen LogP contribution in [0, 0.1) is 0 Å². The molecule has 1 aliphatic rings. The second-order valence-electron chi connectivity index (χ2n) is 6.43. The van der Waals surface area contributed by atoms with Crippen molar-refractivity contribution in [1.29, 1.82) is 0 Å². The van der Waals surface area contributed by atoms with Crippen molar-refractivity contribution in [2.75, 3.05) is 21.0 Å². The summed E-state index contributed by atoms with van der Waals surface area (Å²) in [5, 5.41) is 2.73. The van der Waals surface area contributed by atoms with E-state index in [9.17, 15) is 9.59 Å². The lowest BCUT2D eigenvalue weighted by atomic mass is 10.1. The molecule has 1 amide bonds. The molecule has 0 aliphatic carbocycles. The molecule has 0 saturated carbocycles. The highest BCUT2D eigenvalue weighted by Crippen LogP contribution is 2.32. The number of carbonyl (C=O) groups is 2. The zero-order valence-electron chi connectivity index (χ0n) is 17.0. The van der Waals surface area contributed by atoms with Crippen LogP contribution in [-0.4, -0.2) is 39.0 Å². The molecule has 8 heteroatoms. The van der Waals surface area contributed by atoms with Crippen molar-refractivity contribution in [2.24, 2.45) is 0 Å². The average molecular weight is 413 g/mol. The number of methoxy groups -OCH3 is 2. The predicted molar refractivity (Wildman–Crippen MR) is 109 cm³/mol. The zero-order valence-corrected chi connectivity index (χ0v) is 17.0. The van der Waals surface area contributed by atoms with Crippen LogP contribution in [0.5, 0.6) is 23.0 Å². The van der Waals surface area contributed by atoms with Crippen molar-refractivity contribution in [3.05, 3.63) is 53.6 Å². The third kappa shape index (κ3) is 5.22. The molecule has 1 atom stereocenters. The van der Waals surface area contributed by atoms with E-state index in [1.165, 1.54) is 20.1 Å². The number of esters is 1. The van der Waals surface area contributed by atoms with Gasteiger partial charge in [-0.05, 0) is 42.8 Å². The van der Waals surface area contributed by atoms with Crippen molar-refractivity contribution in [1.82, 2.24) is 5.32 Å². The Morgan fingerprint density at radius 3 is 2.67 bits per heavy atom. The molecule has 2 aromatic carbocycles. The summed E-state index contributed by atoms with van der Waals surface area (Å²) in [6.45, 7) is 1.97. The second-order valence-corrected chi connectivity index (χ2v) is 6.43. The molecule has 0 fully saturated rings. The standard InChI is InChI=1S/C22H23NO7/c1-14(22(25)23-12-15-4-8-18-20(10-15)29-13-28-18)30-21(24)9-6-16-5-7-17(26-2)11-19(16)27-3/h4-11,14H,12-13H2,1-3H3,(H,23,25)/b9-6+/t14-/m0/s1. The summed E-state index contributed by atoms with van der Waals surface area (Å²) >= 11 is 0. The van der Waals surface area contributed by atoms with Gasteiger partial charge in [0.15, 0.2) is 17.6 Å². The average Bonchev–Trinajstić information content (AvgIpc) is 3.23. The maximum atomic E-state index is 12.2. The fourth-order valence-electron chi connectivity index (χ4n) is 2.76. The normalized spacial score (nSPS) is 13.0. The first-order valence-corrected chi connectivity index (χ1v) is 9.27. The summed E-state index contributed by atoms with van der Waals surface area (Å²) in [6, 6.07) is 10.6. The number of hydrogen-bond donors (Lipinski definition) is 1. The maximum absolute atomic E-state index is 12.2. The molecule has 30 heavy (non-hydrogen) atoms. The van der Waals surface area contributed by atoms with E-state index in [1.807, 2.05) is 6.07 Å². The summed E-state index contributed by atoms with van der Waals surface area (Å²) in [4.78, 5) is 24.3. The molecule has 0 aromatic heterocycles. The van der Waals surface area contributed by atoms with Gasteiger partial charge in [0, 0.05) is 24.3 Å². The Kier molecular flexibility index (Phi) is 6.79. The minimum absolute atomic E-state index is 0.189. The van der Waals surface area contributed by atoms with E-state index in [4.69, 9.17) is 23.7 Å². The van der Waals surface area contributed by atoms with Crippen molar-refractivity contribution in [3.63, 3.8) is 0 Å². The van der Waals surface area contributed by atoms with Gasteiger partial charge in [0.1, 0.15) is 11.5 Å². The highest BCUT2D eigenvalue weighted by Gasteiger charge is 2.17. The lowest BCUT2D eigenvalue weighted by Gasteiger charge is -2.12. The second kappa shape index (κ2) is 9.69. The fourth-order valence-corrected chi connectivity index (χ4v) is 2.76. The first-order valence-electron chi connectivity index (χ1n) is 9.27. The first kappa shape index (κ1) is 21.0. The highest BCUT2D eigenvalue weighted by atomic mass is 16.7. The van der Waals surface area contributed by atoms with Gasteiger partial charge in [-0.2, -0.15) is 0 Å². The largest absolute Gasteiger partial charge is 0.497 e. The summed E-state index contributed by atoms with van der Waals surface area (Å²) in [6.07, 6.45) is 1.85. The number of nitrogens with one attached hydrogen (secondary N) is 1. The molecule has 0 spiro atoms. The summed E-state index contributed by atoms with van der Waals surface area (Å²) in [5.41, 5.74) is 1.52. The molecule has 8 nitrogen and oxygen atoms in total. The topological polar surface area (TPSA) is 92.3 Å². The Morgan fingerprint density at radius 1 is 1.10 bits per heavy atom. The molecule has 1 heterocycles. The Hall–Kier alpha value is -3.68. The lowest BCUT2D eigenvalue weighted by molar-refractivity contribution is -0.150. The molecule has 1 aliphatic heterocycles. The van der Waals surface area contributed by atoms with E-state index in [0.717, 1.165) is 5.56 Å². The van der Waals surface area contributed by atoms with Gasteiger partial charge >= 0.3 is 5.97 Å². The van der Waals surface area contributed by atoms with Crippen molar-refractivity contribution < 1.29 is 33.3 Å². The first-order chi connectivity index (χ1) is 14.5. The van der Waals surface area contributed by atoms with Crippen molar-refractivity contribution in [2.45, 2.75) is 19.6 Å². The molecule has 0 unspecified atom stereocenters. The maximum Gasteiger partial charge on any atom is 0.331 e. The monoisotopic (exact) mass is 413 g/mol. The lowest BCUT2D eigenvalue weighted by Crippen LogP contribution is -2.35. The summed E-state index contributed by atoms with van der Waals surface area (Å²) < 4.78 is 26.1. The third-order valence-electron chi connectivity index (χ3n) is 4.41. The number of carbonyl (C=O) groups excluding carboxylic acids is 2. The van der Waals surface area contributed by atoms with E-state index in [-0.39, 0.29) is 13.3 Å². The number of ether oxygens (including phenoxy) is 5. The predicted octanol–water partition coefficient (Wildman–Crippen LogP) is 2.69. The number of amides is 1. The Balaban J connectivity index is 1.51. The van der Waals surface area contributed by atoms with Crippen molar-refractivity contribution >= 4 is 18.0 Å². The Bertz CT molecular complexity index is 954. The van der Waals surface area contributed by atoms with Crippen LogP contribution in [0.3, 0.4) is 0 Å². The Morgan fingerprint density at radius 2 is 1.90 bits per heavy atom. The van der Waals surface area contributed by atoms with Gasteiger partial charge in [0.2, 0.25) is 6.79 Å². The van der Waals surface area contributed by atoms with Gasteiger partial charge < -0.3 is 29.0 Å². The number of rotatable bonds is 8. The number of benzene rings is 2. The molecule has 3 rings (SSSR count). The third-order valence-corrected chi connectivity index (χ3v) is 4.41. The van der Waals surface area contributed by atoms with Gasteiger partial charge in [-0.15, -0.1) is 0 Å². The van der Waals surface area contributed by atoms with Gasteiger partial charge in [0.05, 0.1) is 14.2 Å². The molecule has 0 bridgehead atoms. The van der Waals surface area contributed by atoms with Gasteiger partial charge in [-0.3, -0.25) is 4.79 Å². The van der Waals surface area contributed by atoms with E-state index < -0.39 is 18.0 Å². The van der Waals surface area contributed by atoms with Crippen LogP contribution < -0.4 is 24.3 Å². The smallest absolute Gasteiger partial charge is 0.331 e. The van der Waals surface area contributed by atoms with E-state index in [0.29, 0.717) is 28.6 Å². The van der Waals surface area contributed by atoms with Gasteiger partial charge in [0.25, 0.3) is 5.91 Å². The van der Waals surface area contributed by atoms with Crippen LogP contribution in [-0.2, 0) is 20.9 Å². The van der Waals surface area contributed by atoms with Gasteiger partial charge in [-0.1, -0.05) is 6.07 Å². The number of fused-ring (bicyclic) bond motifs is 1. The van der Waals surface area contributed by atoms with Crippen molar-refractivity contribution in [3.8, 4) is 23.0 Å². The fraction of sp³-hybridized carbons (Fsp3) is 0.273. The molecule has 158 valence electrons. The quantitative estimate of drug-likeness (QED) is 0.525. The van der Waals surface area contributed by atoms with E-state index in [1.54, 1.807) is 43.5 Å². The zero-order chi connectivity index (χ0) is 21.5. The van der Waals surface area contributed by atoms with Crippen LogP contribution in [0.15, 0.2) is 42.5 Å². The minimum Gasteiger partial charge on any atom is -0.497 e. The number of hydrogen-bond acceptors (Lipinski definition) is 7. The Labute approximate surface area is 174 Å². The highest BCUT2D eigenvalue weighted by molar-refractivity contribution is 5.90. The molecular weight excluding hydrogens is 390 g/mol. The van der Waals surface area contributed by atoms with Crippen LogP contribution in [0.2, 0.25) is 0 Å². The van der Waals surface area contributed by atoms with Gasteiger partial charge in [-0.25, -0.2) is 4.79 Å².